The van der Waals surface area contributed by atoms with E-state index in [0.717, 1.165) is 0 Å². The number of halogens is 4. The fourth-order valence-corrected chi connectivity index (χ4v) is 8.84. The van der Waals surface area contributed by atoms with Gasteiger partial charge in [-0.3, -0.25) is 14.4 Å². The van der Waals surface area contributed by atoms with E-state index in [1.807, 2.05) is 67.8 Å². The molecular weight excluding hydrogens is 942 g/mol. The Labute approximate surface area is 302 Å². The van der Waals surface area contributed by atoms with E-state index in [9.17, 15) is 19.2 Å². The molecule has 1 aromatic rings. The van der Waals surface area contributed by atoms with Crippen LogP contribution >= 0.6 is 79.4 Å². The van der Waals surface area contributed by atoms with Crippen molar-refractivity contribution in [3.63, 3.8) is 0 Å². The van der Waals surface area contributed by atoms with E-state index in [2.05, 4.69) is 10.1 Å². The molecule has 0 saturated carbocycles. The molecular formula is C27H35ClI3N3O10. The summed E-state index contributed by atoms with van der Waals surface area (Å²) < 4.78 is 34.1. The van der Waals surface area contributed by atoms with E-state index in [0.29, 0.717) is 16.3 Å². The molecule has 17 heteroatoms. The SMILES string of the molecule is CC(Cl)OC(=O)OCCNC(=O)Cc1c(I)c(C(=O)N(C)C2COC(C)(C)O2)c(I)c(C(=O)N(C)C2COC(C)(C)O2)c1I. The summed E-state index contributed by atoms with van der Waals surface area (Å²) in [4.78, 5) is 55.4. The minimum atomic E-state index is -0.955. The van der Waals surface area contributed by atoms with Crippen LogP contribution in [0.5, 0.6) is 0 Å². The summed E-state index contributed by atoms with van der Waals surface area (Å²) in [7, 11) is 3.20. The van der Waals surface area contributed by atoms with Crippen molar-refractivity contribution in [1.29, 1.82) is 0 Å². The number of ether oxygens (including phenoxy) is 6. The first-order valence-electron chi connectivity index (χ1n) is 13.5. The highest BCUT2D eigenvalue weighted by Gasteiger charge is 2.41. The number of likely N-dealkylation sites (N-methyl/N-ethyl adjacent to an activating group) is 2. The minimum Gasteiger partial charge on any atom is -0.432 e. The van der Waals surface area contributed by atoms with Crippen molar-refractivity contribution >= 4 is 103 Å². The highest BCUT2D eigenvalue weighted by Crippen LogP contribution is 2.36. The molecule has 1 N–H and O–H groups in total. The van der Waals surface area contributed by atoms with Crippen LogP contribution in [0.25, 0.3) is 0 Å². The number of rotatable bonds is 10. The van der Waals surface area contributed by atoms with E-state index in [-0.39, 0.29) is 43.9 Å². The number of hydrogen-bond donors (Lipinski definition) is 1. The Morgan fingerprint density at radius 3 is 1.75 bits per heavy atom. The van der Waals surface area contributed by atoms with Gasteiger partial charge in [0.25, 0.3) is 11.8 Å². The number of alkyl halides is 1. The Kier molecular flexibility index (Phi) is 13.2. The van der Waals surface area contributed by atoms with Crippen molar-refractivity contribution in [2.75, 3.05) is 40.5 Å². The number of hydrogen-bond acceptors (Lipinski definition) is 10. The molecule has 246 valence electrons. The van der Waals surface area contributed by atoms with Crippen LogP contribution in [0.15, 0.2) is 0 Å². The molecule has 44 heavy (non-hydrogen) atoms. The lowest BCUT2D eigenvalue weighted by Gasteiger charge is -2.29. The van der Waals surface area contributed by atoms with E-state index in [1.54, 1.807) is 41.8 Å². The molecule has 13 nitrogen and oxygen atoms in total. The Bertz CT molecular complexity index is 1230. The Hall–Kier alpha value is -0.780. The summed E-state index contributed by atoms with van der Waals surface area (Å²) in [5.41, 5.74) is 0.147. The molecule has 0 aromatic heterocycles. The predicted molar refractivity (Wildman–Crippen MR) is 183 cm³/mol. The highest BCUT2D eigenvalue weighted by atomic mass is 127. The third-order valence-corrected chi connectivity index (χ3v) is 10.1. The molecule has 3 amide bonds. The van der Waals surface area contributed by atoms with Crippen LogP contribution in [0, 0.1) is 10.7 Å². The average molecular weight is 978 g/mol. The highest BCUT2D eigenvalue weighted by molar-refractivity contribution is 14.1. The molecule has 0 spiro atoms. The molecule has 2 fully saturated rings. The van der Waals surface area contributed by atoms with Crippen molar-refractivity contribution in [3.05, 3.63) is 27.4 Å². The maximum absolute atomic E-state index is 14.0. The molecule has 0 bridgehead atoms. The van der Waals surface area contributed by atoms with Gasteiger partial charge in [-0.2, -0.15) is 0 Å². The maximum Gasteiger partial charge on any atom is 0.509 e. The van der Waals surface area contributed by atoms with Crippen molar-refractivity contribution in [2.24, 2.45) is 0 Å². The van der Waals surface area contributed by atoms with Gasteiger partial charge in [0, 0.05) is 24.8 Å². The molecule has 3 rings (SSSR count). The molecule has 2 aliphatic rings. The monoisotopic (exact) mass is 977 g/mol. The molecule has 1 aromatic carbocycles. The van der Waals surface area contributed by atoms with Gasteiger partial charge in [-0.15, -0.1) is 0 Å². The van der Waals surface area contributed by atoms with Gasteiger partial charge in [-0.1, -0.05) is 11.6 Å². The molecule has 2 heterocycles. The van der Waals surface area contributed by atoms with Crippen LogP contribution in [-0.2, 0) is 39.6 Å². The fraction of sp³-hybridized carbons (Fsp3) is 0.630. The molecule has 2 saturated heterocycles. The third kappa shape index (κ3) is 9.40. The minimum absolute atomic E-state index is 0.00872. The summed E-state index contributed by atoms with van der Waals surface area (Å²) in [6, 6.07) is 0. The summed E-state index contributed by atoms with van der Waals surface area (Å²) in [5, 5.41) is 2.68. The van der Waals surface area contributed by atoms with E-state index in [4.69, 9.17) is 35.3 Å². The fourth-order valence-electron chi connectivity index (χ4n) is 4.29. The lowest BCUT2D eigenvalue weighted by Crippen LogP contribution is -2.42. The van der Waals surface area contributed by atoms with Crippen LogP contribution in [-0.4, -0.2) is 104 Å². The second-order valence-corrected chi connectivity index (χ2v) is 14.7. The quantitative estimate of drug-likeness (QED) is 0.157. The van der Waals surface area contributed by atoms with Crippen LogP contribution < -0.4 is 5.32 Å². The first kappa shape index (κ1) is 37.7. The van der Waals surface area contributed by atoms with Gasteiger partial charge in [0.2, 0.25) is 5.91 Å². The second kappa shape index (κ2) is 15.4. The number of nitrogens with one attached hydrogen (secondary N) is 1. The summed E-state index contributed by atoms with van der Waals surface area (Å²) in [6.07, 6.45) is -2.42. The van der Waals surface area contributed by atoms with Crippen LogP contribution in [0.1, 0.15) is 60.9 Å². The van der Waals surface area contributed by atoms with E-state index >= 15 is 0 Å². The molecule has 3 unspecified atom stereocenters. The Morgan fingerprint density at radius 1 is 0.909 bits per heavy atom. The van der Waals surface area contributed by atoms with Gasteiger partial charge in [-0.05, 0) is 108 Å². The number of amides is 3. The van der Waals surface area contributed by atoms with Gasteiger partial charge in [0.1, 0.15) is 6.61 Å². The standard InChI is InChI=1S/C27H35ClI3N3O10/c1-13(28)42-25(38)39-9-8-32-15(35)10-14-20(29)18(23(36)33(6)16-11-40-26(2,3)43-16)22(31)19(21(14)30)24(37)34(7)17-12-41-27(4,5)44-17/h13,16-17H,8-12H2,1-7H3,(H,32,35). The summed E-state index contributed by atoms with van der Waals surface area (Å²) in [5.74, 6) is -2.94. The topological polar surface area (TPSA) is 142 Å². The van der Waals surface area contributed by atoms with Crippen LogP contribution in [0.3, 0.4) is 0 Å². The average Bonchev–Trinajstić information content (AvgIpc) is 3.48. The van der Waals surface area contributed by atoms with Crippen molar-refractivity contribution in [1.82, 2.24) is 15.1 Å². The number of carbonyl (C=O) groups is 4. The molecule has 3 atom stereocenters. The zero-order chi connectivity index (χ0) is 33.1. The van der Waals surface area contributed by atoms with Gasteiger partial charge >= 0.3 is 6.16 Å². The lowest BCUT2D eigenvalue weighted by atomic mass is 10.0. The number of carbonyl (C=O) groups excluding carboxylic acids is 4. The largest absolute Gasteiger partial charge is 0.509 e. The predicted octanol–water partition coefficient (Wildman–Crippen LogP) is 4.26. The zero-order valence-corrected chi connectivity index (χ0v) is 32.5. The maximum atomic E-state index is 14.0. The summed E-state index contributed by atoms with van der Waals surface area (Å²) in [6.45, 7) is 8.71. The first-order valence-corrected chi connectivity index (χ1v) is 17.1. The van der Waals surface area contributed by atoms with Gasteiger partial charge in [0.15, 0.2) is 29.6 Å². The van der Waals surface area contributed by atoms with E-state index < -0.39 is 53.5 Å². The Morgan fingerprint density at radius 2 is 1.36 bits per heavy atom. The lowest BCUT2D eigenvalue weighted by molar-refractivity contribution is -0.153. The molecule has 0 radical (unpaired) electrons. The van der Waals surface area contributed by atoms with Gasteiger partial charge < -0.3 is 43.5 Å². The van der Waals surface area contributed by atoms with Crippen molar-refractivity contribution in [2.45, 2.75) is 70.6 Å². The molecule has 0 aliphatic carbocycles. The second-order valence-electron chi connectivity index (χ2n) is 10.9. The van der Waals surface area contributed by atoms with Crippen LogP contribution in [0.4, 0.5) is 4.79 Å². The van der Waals surface area contributed by atoms with E-state index in [1.165, 1.54) is 16.7 Å². The normalized spacial score (nSPS) is 21.0. The number of benzene rings is 1. The smallest absolute Gasteiger partial charge is 0.432 e. The number of nitrogens with zero attached hydrogens (tertiary/aromatic N) is 2. The molecule has 2 aliphatic heterocycles. The third-order valence-electron chi connectivity index (χ3n) is 6.57. The van der Waals surface area contributed by atoms with Gasteiger partial charge in [0.05, 0.1) is 37.3 Å². The Balaban J connectivity index is 1.94. The first-order chi connectivity index (χ1) is 20.3. The van der Waals surface area contributed by atoms with Crippen molar-refractivity contribution in [3.8, 4) is 0 Å². The zero-order valence-electron chi connectivity index (χ0n) is 25.3. The summed E-state index contributed by atoms with van der Waals surface area (Å²) >= 11 is 11.7. The van der Waals surface area contributed by atoms with Crippen molar-refractivity contribution < 1.29 is 47.6 Å². The van der Waals surface area contributed by atoms with Gasteiger partial charge in [-0.25, -0.2) is 4.79 Å². The van der Waals surface area contributed by atoms with Crippen LogP contribution in [0.2, 0.25) is 0 Å².